The van der Waals surface area contributed by atoms with Gasteiger partial charge in [0.15, 0.2) is 6.16 Å². The number of piperidine rings is 1. The number of hydrogen-bond donors (Lipinski definition) is 2. The van der Waals surface area contributed by atoms with Crippen molar-refractivity contribution in [2.45, 2.75) is 57.7 Å². The van der Waals surface area contributed by atoms with Crippen LogP contribution in [0.2, 0.25) is 0 Å². The van der Waals surface area contributed by atoms with Crippen LogP contribution in [0.4, 0.5) is 13.2 Å². The third-order valence-electron chi connectivity index (χ3n) is 7.19. The van der Waals surface area contributed by atoms with E-state index in [-0.39, 0.29) is 18.1 Å². The summed E-state index contributed by atoms with van der Waals surface area (Å²) in [6.45, 7) is 7.72. The summed E-state index contributed by atoms with van der Waals surface area (Å²) in [4.78, 5) is 13.8. The molecule has 0 unspecified atom stereocenters. The van der Waals surface area contributed by atoms with Crippen molar-refractivity contribution in [2.75, 3.05) is 6.16 Å². The van der Waals surface area contributed by atoms with Crippen molar-refractivity contribution in [3.05, 3.63) is 90.2 Å². The lowest BCUT2D eigenvalue weighted by atomic mass is 9.79. The first-order chi connectivity index (χ1) is 17.3. The zero-order valence-electron chi connectivity index (χ0n) is 21.5. The molecule has 0 atom stereocenters. The van der Waals surface area contributed by atoms with Gasteiger partial charge in [0.05, 0.1) is 0 Å². The molecule has 0 aliphatic carbocycles. The molecule has 1 fully saturated rings. The highest BCUT2D eigenvalue weighted by molar-refractivity contribution is 7.96. The molecule has 1 saturated heterocycles. The molecular formula is C29H33F3N2O2P+. The van der Waals surface area contributed by atoms with E-state index in [1.807, 2.05) is 27.7 Å². The van der Waals surface area contributed by atoms with E-state index in [2.05, 4.69) is 5.32 Å². The van der Waals surface area contributed by atoms with Gasteiger partial charge in [-0.1, -0.05) is 0 Å². The van der Waals surface area contributed by atoms with Gasteiger partial charge in [-0.25, -0.2) is 13.2 Å². The average molecular weight is 530 g/mol. The van der Waals surface area contributed by atoms with E-state index in [9.17, 15) is 23.2 Å². The number of halogens is 3. The van der Waals surface area contributed by atoms with Crippen LogP contribution in [0, 0.1) is 17.5 Å². The molecule has 37 heavy (non-hydrogen) atoms. The molecule has 0 radical (unpaired) electrons. The maximum Gasteiger partial charge on any atom is 0.259 e. The highest BCUT2D eigenvalue weighted by Gasteiger charge is 2.49. The molecule has 0 spiro atoms. The zero-order chi connectivity index (χ0) is 27.0. The molecule has 2 N–H and O–H groups in total. The van der Waals surface area contributed by atoms with Gasteiger partial charge in [0, 0.05) is 17.1 Å². The Morgan fingerprint density at radius 1 is 0.784 bits per heavy atom. The highest BCUT2D eigenvalue weighted by Crippen LogP contribution is 2.55. The van der Waals surface area contributed by atoms with E-state index in [1.54, 1.807) is 36.4 Å². The molecule has 1 aliphatic heterocycles. The molecule has 0 bridgehead atoms. The summed E-state index contributed by atoms with van der Waals surface area (Å²) in [5, 5.41) is 17.4. The lowest BCUT2D eigenvalue weighted by Gasteiger charge is -2.51. The number of amides is 1. The van der Waals surface area contributed by atoms with Crippen LogP contribution in [0.3, 0.4) is 0 Å². The fourth-order valence-electron chi connectivity index (χ4n) is 5.67. The summed E-state index contributed by atoms with van der Waals surface area (Å²) in [7, 11) is -2.78. The van der Waals surface area contributed by atoms with Gasteiger partial charge in [0.1, 0.15) is 40.6 Å². The summed E-state index contributed by atoms with van der Waals surface area (Å²) in [6, 6.07) is 17.8. The number of benzene rings is 3. The zero-order valence-corrected chi connectivity index (χ0v) is 22.4. The fourth-order valence-corrected chi connectivity index (χ4v) is 9.61. The van der Waals surface area contributed by atoms with Gasteiger partial charge >= 0.3 is 0 Å². The molecule has 4 nitrogen and oxygen atoms in total. The van der Waals surface area contributed by atoms with Crippen LogP contribution in [0.15, 0.2) is 72.8 Å². The number of nitrogens with one attached hydrogen (secondary N) is 1. The normalized spacial score (nSPS) is 17.9. The molecule has 4 rings (SSSR count). The maximum absolute atomic E-state index is 13.9. The Morgan fingerprint density at radius 2 is 1.11 bits per heavy atom. The molecule has 1 heterocycles. The number of rotatable bonds is 6. The second-order valence-corrected chi connectivity index (χ2v) is 14.5. The number of hydroxylamine groups is 2. The minimum atomic E-state index is -2.78. The minimum Gasteiger partial charge on any atom is -0.350 e. The SMILES string of the molecule is CC1(C)CC(NC(=O)C[P+](c2ccc(F)cc2)(c2ccc(F)cc2)c2ccc(F)cc2)CC(C)(C)N1O. The molecule has 3 aromatic rings. The summed E-state index contributed by atoms with van der Waals surface area (Å²) < 4.78 is 41.8. The first-order valence-electron chi connectivity index (χ1n) is 12.3. The Bertz CT molecular complexity index is 1120. The van der Waals surface area contributed by atoms with E-state index in [1.165, 1.54) is 41.5 Å². The second kappa shape index (κ2) is 10.2. The topological polar surface area (TPSA) is 52.6 Å². The van der Waals surface area contributed by atoms with Crippen LogP contribution in [0.1, 0.15) is 40.5 Å². The molecular weight excluding hydrogens is 496 g/mol. The van der Waals surface area contributed by atoms with E-state index in [4.69, 9.17) is 0 Å². The quantitative estimate of drug-likeness (QED) is 0.446. The Kier molecular flexibility index (Phi) is 7.53. The van der Waals surface area contributed by atoms with Crippen molar-refractivity contribution < 1.29 is 23.2 Å². The summed E-state index contributed by atoms with van der Waals surface area (Å²) in [6.07, 6.45) is 1.14. The fraction of sp³-hybridized carbons (Fsp3) is 0.345. The number of carbonyl (C=O) groups excluding carboxylic acids is 1. The van der Waals surface area contributed by atoms with E-state index < -0.39 is 35.8 Å². The molecule has 0 aromatic heterocycles. The summed E-state index contributed by atoms with van der Waals surface area (Å²) >= 11 is 0. The van der Waals surface area contributed by atoms with Crippen molar-refractivity contribution in [1.82, 2.24) is 10.4 Å². The average Bonchev–Trinajstić information content (AvgIpc) is 2.82. The van der Waals surface area contributed by atoms with Crippen molar-refractivity contribution in [3.8, 4) is 0 Å². The Balaban J connectivity index is 1.79. The molecule has 3 aromatic carbocycles. The maximum atomic E-state index is 13.9. The van der Waals surface area contributed by atoms with Gasteiger partial charge in [0.2, 0.25) is 0 Å². The number of carbonyl (C=O) groups is 1. The third-order valence-corrected chi connectivity index (χ3v) is 11.5. The van der Waals surface area contributed by atoms with Gasteiger partial charge in [-0.3, -0.25) is 4.79 Å². The third kappa shape index (κ3) is 5.59. The van der Waals surface area contributed by atoms with Crippen molar-refractivity contribution in [3.63, 3.8) is 0 Å². The Morgan fingerprint density at radius 3 is 1.43 bits per heavy atom. The van der Waals surface area contributed by atoms with Crippen LogP contribution >= 0.6 is 7.26 Å². The molecule has 1 aliphatic rings. The van der Waals surface area contributed by atoms with Crippen molar-refractivity contribution >= 4 is 29.1 Å². The lowest BCUT2D eigenvalue weighted by Crippen LogP contribution is -2.63. The van der Waals surface area contributed by atoms with E-state index in [0.717, 1.165) is 15.9 Å². The summed E-state index contributed by atoms with van der Waals surface area (Å²) in [5.41, 5.74) is -1.09. The van der Waals surface area contributed by atoms with Gasteiger partial charge in [-0.2, -0.15) is 5.06 Å². The Labute approximate surface area is 216 Å². The van der Waals surface area contributed by atoms with Gasteiger partial charge in [0.25, 0.3) is 5.91 Å². The lowest BCUT2D eigenvalue weighted by molar-refractivity contribution is -0.246. The standard InChI is InChI=1S/C29H32F3N2O2P/c1-28(2)17-23(18-29(3,4)34(28)36)33-27(35)19-37(24-11-5-20(30)6-12-24,25-13-7-21(31)8-14-25)26-15-9-22(32)10-16-26/h5-16,23,36H,17-19H2,1-4H3/p+1. The van der Waals surface area contributed by atoms with Gasteiger partial charge < -0.3 is 10.5 Å². The second-order valence-electron chi connectivity index (χ2n) is 11.0. The number of nitrogens with zero attached hydrogens (tertiary/aromatic N) is 1. The molecule has 196 valence electrons. The molecule has 1 amide bonds. The first kappa shape index (κ1) is 27.3. The number of hydrogen-bond acceptors (Lipinski definition) is 3. The Hall–Kier alpha value is -2.73. The predicted octanol–water partition coefficient (Wildman–Crippen LogP) is 4.92. The van der Waals surface area contributed by atoms with Crippen LogP contribution in [0.5, 0.6) is 0 Å². The monoisotopic (exact) mass is 529 g/mol. The molecule has 0 saturated carbocycles. The minimum absolute atomic E-state index is 0.0378. The smallest absolute Gasteiger partial charge is 0.259 e. The van der Waals surface area contributed by atoms with Crippen LogP contribution in [0.25, 0.3) is 0 Å². The molecule has 8 heteroatoms. The van der Waals surface area contributed by atoms with Crippen molar-refractivity contribution in [2.24, 2.45) is 0 Å². The van der Waals surface area contributed by atoms with Gasteiger partial charge in [-0.05, 0) is 113 Å². The largest absolute Gasteiger partial charge is 0.350 e. The highest BCUT2D eigenvalue weighted by atomic mass is 31.2. The summed E-state index contributed by atoms with van der Waals surface area (Å²) in [5.74, 6) is -1.45. The predicted molar refractivity (Wildman–Crippen MR) is 143 cm³/mol. The van der Waals surface area contributed by atoms with Crippen LogP contribution < -0.4 is 21.2 Å². The first-order valence-corrected chi connectivity index (χ1v) is 14.3. The van der Waals surface area contributed by atoms with Crippen LogP contribution in [-0.2, 0) is 4.79 Å². The van der Waals surface area contributed by atoms with Crippen molar-refractivity contribution in [1.29, 1.82) is 0 Å². The van der Waals surface area contributed by atoms with E-state index >= 15 is 0 Å². The van der Waals surface area contributed by atoms with E-state index in [0.29, 0.717) is 12.8 Å². The van der Waals surface area contributed by atoms with Gasteiger partial charge in [-0.15, -0.1) is 0 Å². The van der Waals surface area contributed by atoms with Crippen LogP contribution in [-0.4, -0.2) is 39.5 Å².